The minimum absolute atomic E-state index is 0.0483. The number of aromatic nitrogens is 1. The van der Waals surface area contributed by atoms with Gasteiger partial charge in [-0.2, -0.15) is 0 Å². The van der Waals surface area contributed by atoms with Crippen molar-refractivity contribution in [2.24, 2.45) is 0 Å². The van der Waals surface area contributed by atoms with Crippen molar-refractivity contribution in [2.75, 3.05) is 42.5 Å². The highest BCUT2D eigenvalue weighted by molar-refractivity contribution is 5.97. The summed E-state index contributed by atoms with van der Waals surface area (Å²) in [6.07, 6.45) is 4.41. The molecule has 140 valence electrons. The summed E-state index contributed by atoms with van der Waals surface area (Å²) in [7, 11) is 0. The Hall–Kier alpha value is -2.89. The Morgan fingerprint density at radius 2 is 1.67 bits per heavy atom. The maximum absolute atomic E-state index is 12.8. The Labute approximate surface area is 159 Å². The average Bonchev–Trinajstić information content (AvgIpc) is 2.74. The normalized spacial score (nSPS) is 17.9. The predicted octanol–water partition coefficient (Wildman–Crippen LogP) is 2.56. The van der Waals surface area contributed by atoms with E-state index in [9.17, 15) is 9.59 Å². The molecule has 3 heterocycles. The quantitative estimate of drug-likeness (QED) is 0.840. The standard InChI is InChI=1S/C21H24N4O2/c26-20-6-2-4-12-25(20)18-9-7-17(8-10-18)21(27)24-15-13-23(14-16-24)19-5-1-3-11-22-19/h1,3,5,7-11H,2,4,6,12-16H2. The van der Waals surface area contributed by atoms with Crippen LogP contribution in [0.1, 0.15) is 29.6 Å². The molecule has 0 spiro atoms. The second-order valence-corrected chi connectivity index (χ2v) is 7.02. The van der Waals surface area contributed by atoms with E-state index in [-0.39, 0.29) is 11.8 Å². The molecule has 1 aromatic carbocycles. The first-order chi connectivity index (χ1) is 13.2. The molecule has 4 rings (SSSR count). The maximum Gasteiger partial charge on any atom is 0.253 e. The van der Waals surface area contributed by atoms with Crippen molar-refractivity contribution in [3.8, 4) is 0 Å². The number of amides is 2. The smallest absolute Gasteiger partial charge is 0.253 e. The molecule has 1 aromatic heterocycles. The molecule has 0 N–H and O–H groups in total. The highest BCUT2D eigenvalue weighted by atomic mass is 16.2. The van der Waals surface area contributed by atoms with Crippen LogP contribution in [0.4, 0.5) is 11.5 Å². The lowest BCUT2D eigenvalue weighted by Crippen LogP contribution is -2.49. The number of anilines is 2. The van der Waals surface area contributed by atoms with Crippen LogP contribution in [0.2, 0.25) is 0 Å². The van der Waals surface area contributed by atoms with E-state index in [0.717, 1.165) is 44.0 Å². The van der Waals surface area contributed by atoms with Crippen molar-refractivity contribution < 1.29 is 9.59 Å². The van der Waals surface area contributed by atoms with Gasteiger partial charge in [-0.05, 0) is 49.2 Å². The Balaban J connectivity index is 1.38. The molecule has 2 aliphatic heterocycles. The third kappa shape index (κ3) is 3.79. The van der Waals surface area contributed by atoms with Gasteiger partial charge in [-0.3, -0.25) is 9.59 Å². The Morgan fingerprint density at radius 1 is 0.889 bits per heavy atom. The van der Waals surface area contributed by atoms with E-state index >= 15 is 0 Å². The fourth-order valence-electron chi connectivity index (χ4n) is 3.72. The van der Waals surface area contributed by atoms with Gasteiger partial charge < -0.3 is 14.7 Å². The van der Waals surface area contributed by atoms with Gasteiger partial charge in [-0.25, -0.2) is 4.98 Å². The molecule has 2 aliphatic rings. The zero-order valence-corrected chi connectivity index (χ0v) is 15.4. The van der Waals surface area contributed by atoms with Crippen LogP contribution in [-0.2, 0) is 4.79 Å². The van der Waals surface area contributed by atoms with Gasteiger partial charge in [0.05, 0.1) is 0 Å². The predicted molar refractivity (Wildman–Crippen MR) is 105 cm³/mol. The summed E-state index contributed by atoms with van der Waals surface area (Å²) in [4.78, 5) is 35.2. The summed E-state index contributed by atoms with van der Waals surface area (Å²) in [5.41, 5.74) is 1.56. The number of piperidine rings is 1. The van der Waals surface area contributed by atoms with Crippen molar-refractivity contribution in [1.82, 2.24) is 9.88 Å². The number of hydrogen-bond donors (Lipinski definition) is 0. The summed E-state index contributed by atoms with van der Waals surface area (Å²) in [6.45, 7) is 3.69. The molecule has 6 heteroatoms. The number of hydrogen-bond acceptors (Lipinski definition) is 4. The number of rotatable bonds is 3. The molecule has 0 unspecified atom stereocenters. The Kier molecular flexibility index (Phi) is 5.05. The van der Waals surface area contributed by atoms with Gasteiger partial charge in [0.2, 0.25) is 5.91 Å². The largest absolute Gasteiger partial charge is 0.353 e. The summed E-state index contributed by atoms with van der Waals surface area (Å²) >= 11 is 0. The first kappa shape index (κ1) is 17.5. The summed E-state index contributed by atoms with van der Waals surface area (Å²) in [5.74, 6) is 1.18. The fraction of sp³-hybridized carbons (Fsp3) is 0.381. The molecule has 0 aliphatic carbocycles. The first-order valence-electron chi connectivity index (χ1n) is 9.58. The number of pyridine rings is 1. The maximum atomic E-state index is 12.8. The van der Waals surface area contributed by atoms with Crippen LogP contribution >= 0.6 is 0 Å². The highest BCUT2D eigenvalue weighted by Crippen LogP contribution is 2.22. The topological polar surface area (TPSA) is 56.8 Å². The van der Waals surface area contributed by atoms with Crippen LogP contribution in [0.15, 0.2) is 48.7 Å². The summed E-state index contributed by atoms with van der Waals surface area (Å²) < 4.78 is 0. The zero-order chi connectivity index (χ0) is 18.6. The van der Waals surface area contributed by atoms with E-state index in [2.05, 4.69) is 9.88 Å². The van der Waals surface area contributed by atoms with Gasteiger partial charge in [0.15, 0.2) is 0 Å². The van der Waals surface area contributed by atoms with Gasteiger partial charge in [0, 0.05) is 56.6 Å². The molecule has 0 bridgehead atoms. The number of carbonyl (C=O) groups excluding carboxylic acids is 2. The number of carbonyl (C=O) groups is 2. The Bertz CT molecular complexity index is 799. The average molecular weight is 364 g/mol. The van der Waals surface area contributed by atoms with Gasteiger partial charge in [0.1, 0.15) is 5.82 Å². The van der Waals surface area contributed by atoms with Crippen molar-refractivity contribution in [2.45, 2.75) is 19.3 Å². The minimum atomic E-state index is 0.0483. The van der Waals surface area contributed by atoms with Crippen molar-refractivity contribution in [3.05, 3.63) is 54.2 Å². The van der Waals surface area contributed by atoms with E-state index in [1.54, 1.807) is 6.20 Å². The molecule has 0 atom stereocenters. The van der Waals surface area contributed by atoms with Crippen LogP contribution < -0.4 is 9.80 Å². The van der Waals surface area contributed by atoms with Gasteiger partial charge in [-0.15, -0.1) is 0 Å². The van der Waals surface area contributed by atoms with Gasteiger partial charge in [0.25, 0.3) is 5.91 Å². The Morgan fingerprint density at radius 3 is 2.33 bits per heavy atom. The molecule has 27 heavy (non-hydrogen) atoms. The molecule has 2 saturated heterocycles. The molecule has 2 amide bonds. The van der Waals surface area contributed by atoms with Crippen LogP contribution in [-0.4, -0.2) is 54.4 Å². The van der Waals surface area contributed by atoms with Crippen LogP contribution in [0, 0.1) is 0 Å². The minimum Gasteiger partial charge on any atom is -0.353 e. The molecular formula is C21H24N4O2. The third-order valence-corrected chi connectivity index (χ3v) is 5.29. The van der Waals surface area contributed by atoms with Crippen LogP contribution in [0.5, 0.6) is 0 Å². The van der Waals surface area contributed by atoms with Crippen molar-refractivity contribution in [1.29, 1.82) is 0 Å². The molecule has 2 fully saturated rings. The van der Waals surface area contributed by atoms with Crippen LogP contribution in [0.3, 0.4) is 0 Å². The third-order valence-electron chi connectivity index (χ3n) is 5.29. The number of benzene rings is 1. The number of piperazine rings is 1. The first-order valence-corrected chi connectivity index (χ1v) is 9.58. The fourth-order valence-corrected chi connectivity index (χ4v) is 3.72. The SMILES string of the molecule is O=C(c1ccc(N2CCCCC2=O)cc1)N1CCN(c2ccccn2)CC1. The van der Waals surface area contributed by atoms with E-state index in [1.807, 2.05) is 52.3 Å². The second-order valence-electron chi connectivity index (χ2n) is 7.02. The lowest BCUT2D eigenvalue weighted by atomic mass is 10.1. The van der Waals surface area contributed by atoms with Gasteiger partial charge in [-0.1, -0.05) is 6.07 Å². The summed E-state index contributed by atoms with van der Waals surface area (Å²) in [5, 5.41) is 0. The molecular weight excluding hydrogens is 340 g/mol. The van der Waals surface area contributed by atoms with E-state index in [1.165, 1.54) is 0 Å². The van der Waals surface area contributed by atoms with E-state index in [4.69, 9.17) is 0 Å². The van der Waals surface area contributed by atoms with E-state index < -0.39 is 0 Å². The molecule has 0 saturated carbocycles. The lowest BCUT2D eigenvalue weighted by molar-refractivity contribution is -0.119. The second kappa shape index (κ2) is 7.78. The molecule has 2 aromatic rings. The highest BCUT2D eigenvalue weighted by Gasteiger charge is 2.24. The van der Waals surface area contributed by atoms with E-state index in [0.29, 0.717) is 25.1 Å². The van der Waals surface area contributed by atoms with Crippen LogP contribution in [0.25, 0.3) is 0 Å². The number of nitrogens with zero attached hydrogens (tertiary/aromatic N) is 4. The monoisotopic (exact) mass is 364 g/mol. The zero-order valence-electron chi connectivity index (χ0n) is 15.4. The lowest BCUT2D eigenvalue weighted by Gasteiger charge is -2.35. The molecule has 6 nitrogen and oxygen atoms in total. The molecule has 0 radical (unpaired) electrons. The summed E-state index contributed by atoms with van der Waals surface area (Å²) in [6, 6.07) is 13.3. The van der Waals surface area contributed by atoms with Gasteiger partial charge >= 0.3 is 0 Å². The van der Waals surface area contributed by atoms with Crippen molar-refractivity contribution in [3.63, 3.8) is 0 Å². The van der Waals surface area contributed by atoms with Crippen molar-refractivity contribution >= 4 is 23.3 Å².